The van der Waals surface area contributed by atoms with Crippen molar-refractivity contribution < 1.29 is 0 Å². The van der Waals surface area contributed by atoms with Gasteiger partial charge in [0.15, 0.2) is 0 Å². The van der Waals surface area contributed by atoms with Gasteiger partial charge >= 0.3 is 0 Å². The predicted octanol–water partition coefficient (Wildman–Crippen LogP) is 3.44. The molecule has 0 unspecified atom stereocenters. The van der Waals surface area contributed by atoms with Crippen molar-refractivity contribution in [2.24, 2.45) is 0 Å². The van der Waals surface area contributed by atoms with Crippen LogP contribution in [0.1, 0.15) is 64.3 Å². The van der Waals surface area contributed by atoms with Gasteiger partial charge in [0, 0.05) is 24.1 Å². The van der Waals surface area contributed by atoms with E-state index in [1.165, 1.54) is 32.1 Å². The van der Waals surface area contributed by atoms with Crippen LogP contribution in [0.4, 0.5) is 11.6 Å². The summed E-state index contributed by atoms with van der Waals surface area (Å²) in [5, 5.41) is 0. The molecule has 1 aliphatic rings. The molecule has 1 aromatic rings. The zero-order chi connectivity index (χ0) is 14.8. The van der Waals surface area contributed by atoms with E-state index in [4.69, 9.17) is 10.7 Å². The van der Waals surface area contributed by atoms with Crippen LogP contribution in [-0.2, 0) is 5.41 Å². The minimum absolute atomic E-state index is 0.0701. The average Bonchev–Trinajstić information content (AvgIpc) is 2.31. The molecule has 1 fully saturated rings. The molecule has 2 N–H and O–H groups in total. The van der Waals surface area contributed by atoms with Gasteiger partial charge in [-0.15, -0.1) is 0 Å². The van der Waals surface area contributed by atoms with E-state index in [0.29, 0.717) is 5.82 Å². The third kappa shape index (κ3) is 3.41. The maximum Gasteiger partial charge on any atom is 0.138 e. The van der Waals surface area contributed by atoms with Gasteiger partial charge in [-0.1, -0.05) is 40.0 Å². The number of anilines is 2. The van der Waals surface area contributed by atoms with Crippen LogP contribution < -0.4 is 10.6 Å². The van der Waals surface area contributed by atoms with Gasteiger partial charge in [-0.2, -0.15) is 0 Å². The summed E-state index contributed by atoms with van der Waals surface area (Å²) in [5.74, 6) is 2.52. The molecule has 0 radical (unpaired) electrons. The molecule has 1 aliphatic heterocycles. The molecule has 0 bridgehead atoms. The lowest BCUT2D eigenvalue weighted by Gasteiger charge is -2.29. The second-order valence-corrected chi connectivity index (χ2v) is 6.89. The minimum Gasteiger partial charge on any atom is -0.383 e. The summed E-state index contributed by atoms with van der Waals surface area (Å²) in [6, 6.07) is 0. The van der Waals surface area contributed by atoms with E-state index in [1.807, 2.05) is 6.92 Å². The van der Waals surface area contributed by atoms with Crippen molar-refractivity contribution >= 4 is 11.6 Å². The van der Waals surface area contributed by atoms with Crippen molar-refractivity contribution in [3.8, 4) is 0 Å². The zero-order valence-corrected chi connectivity index (χ0v) is 13.4. The lowest BCUT2D eigenvalue weighted by atomic mass is 9.95. The first kappa shape index (κ1) is 15.1. The Kier molecular flexibility index (Phi) is 4.51. The summed E-state index contributed by atoms with van der Waals surface area (Å²) in [7, 11) is 0. The predicted molar refractivity (Wildman–Crippen MR) is 85.2 cm³/mol. The molecule has 0 saturated carbocycles. The van der Waals surface area contributed by atoms with Crippen molar-refractivity contribution in [1.82, 2.24) is 9.97 Å². The smallest absolute Gasteiger partial charge is 0.138 e. The summed E-state index contributed by atoms with van der Waals surface area (Å²) < 4.78 is 0. The number of hydrogen-bond acceptors (Lipinski definition) is 4. The van der Waals surface area contributed by atoms with Crippen LogP contribution in [0.2, 0.25) is 0 Å². The van der Waals surface area contributed by atoms with Crippen molar-refractivity contribution in [3.63, 3.8) is 0 Å². The Bertz CT molecular complexity index is 454. The van der Waals surface area contributed by atoms with E-state index in [0.717, 1.165) is 30.3 Å². The Morgan fingerprint density at radius 2 is 1.50 bits per heavy atom. The standard InChI is InChI=1S/C16H28N4/c1-12-13(17)18-15(16(2,3)4)19-14(12)20-10-8-6-5-7-9-11-20/h5-11H2,1-4H3,(H2,17,18,19). The highest BCUT2D eigenvalue weighted by atomic mass is 15.2. The van der Waals surface area contributed by atoms with Crippen LogP contribution in [-0.4, -0.2) is 23.1 Å². The van der Waals surface area contributed by atoms with E-state index in [-0.39, 0.29) is 5.41 Å². The Morgan fingerprint density at radius 1 is 0.950 bits per heavy atom. The van der Waals surface area contributed by atoms with Crippen molar-refractivity contribution in [2.45, 2.75) is 65.2 Å². The normalized spacial score (nSPS) is 17.7. The molecule has 2 rings (SSSR count). The molecule has 0 atom stereocenters. The second-order valence-electron chi connectivity index (χ2n) is 6.89. The maximum absolute atomic E-state index is 6.12. The third-order valence-electron chi connectivity index (χ3n) is 3.98. The molecule has 1 saturated heterocycles. The largest absolute Gasteiger partial charge is 0.383 e. The van der Waals surface area contributed by atoms with Crippen LogP contribution in [0.15, 0.2) is 0 Å². The number of hydrogen-bond donors (Lipinski definition) is 1. The van der Waals surface area contributed by atoms with E-state index in [1.54, 1.807) is 0 Å². The van der Waals surface area contributed by atoms with Crippen molar-refractivity contribution in [3.05, 3.63) is 11.4 Å². The summed E-state index contributed by atoms with van der Waals surface area (Å²) in [6.07, 6.45) is 6.50. The topological polar surface area (TPSA) is 55.0 Å². The van der Waals surface area contributed by atoms with Crippen LogP contribution in [0.25, 0.3) is 0 Å². The van der Waals surface area contributed by atoms with E-state index in [2.05, 4.69) is 30.7 Å². The Labute approximate surface area is 122 Å². The second kappa shape index (κ2) is 5.98. The minimum atomic E-state index is -0.0701. The van der Waals surface area contributed by atoms with Gasteiger partial charge < -0.3 is 10.6 Å². The lowest BCUT2D eigenvalue weighted by molar-refractivity contribution is 0.533. The molecule has 20 heavy (non-hydrogen) atoms. The van der Waals surface area contributed by atoms with E-state index >= 15 is 0 Å². The van der Waals surface area contributed by atoms with Gasteiger partial charge in [-0.05, 0) is 19.8 Å². The van der Waals surface area contributed by atoms with Gasteiger partial charge in [0.25, 0.3) is 0 Å². The molecular weight excluding hydrogens is 248 g/mol. The first-order chi connectivity index (χ1) is 9.39. The quantitative estimate of drug-likeness (QED) is 0.853. The maximum atomic E-state index is 6.12. The molecule has 0 aliphatic carbocycles. The molecule has 0 spiro atoms. The molecule has 2 heterocycles. The molecule has 4 heteroatoms. The number of rotatable bonds is 1. The average molecular weight is 276 g/mol. The Hall–Kier alpha value is -1.32. The highest BCUT2D eigenvalue weighted by Gasteiger charge is 2.22. The molecule has 0 amide bonds. The fourth-order valence-electron chi connectivity index (χ4n) is 2.62. The lowest BCUT2D eigenvalue weighted by Crippen LogP contribution is -2.30. The van der Waals surface area contributed by atoms with Gasteiger partial charge in [0.1, 0.15) is 17.5 Å². The first-order valence-corrected chi connectivity index (χ1v) is 7.79. The molecular formula is C16H28N4. The number of nitrogens with two attached hydrogens (primary N) is 1. The van der Waals surface area contributed by atoms with Gasteiger partial charge in [0.2, 0.25) is 0 Å². The molecule has 0 aromatic carbocycles. The van der Waals surface area contributed by atoms with Crippen molar-refractivity contribution in [1.29, 1.82) is 0 Å². The summed E-state index contributed by atoms with van der Waals surface area (Å²) >= 11 is 0. The third-order valence-corrected chi connectivity index (χ3v) is 3.98. The fourth-order valence-corrected chi connectivity index (χ4v) is 2.62. The Morgan fingerprint density at radius 3 is 2.05 bits per heavy atom. The van der Waals surface area contributed by atoms with Crippen LogP contribution in [0.5, 0.6) is 0 Å². The highest BCUT2D eigenvalue weighted by molar-refractivity contribution is 5.56. The zero-order valence-electron chi connectivity index (χ0n) is 13.4. The van der Waals surface area contributed by atoms with E-state index in [9.17, 15) is 0 Å². The number of aromatic nitrogens is 2. The Balaban J connectivity index is 2.35. The van der Waals surface area contributed by atoms with Crippen LogP contribution in [0.3, 0.4) is 0 Å². The van der Waals surface area contributed by atoms with Crippen molar-refractivity contribution in [2.75, 3.05) is 23.7 Å². The summed E-state index contributed by atoms with van der Waals surface area (Å²) in [6.45, 7) is 10.6. The molecule has 1 aromatic heterocycles. The van der Waals surface area contributed by atoms with Gasteiger partial charge in [-0.25, -0.2) is 9.97 Å². The van der Waals surface area contributed by atoms with Crippen LogP contribution in [0, 0.1) is 6.92 Å². The molecule has 4 nitrogen and oxygen atoms in total. The van der Waals surface area contributed by atoms with Gasteiger partial charge in [0.05, 0.1) is 0 Å². The summed E-state index contributed by atoms with van der Waals surface area (Å²) in [5.41, 5.74) is 7.07. The summed E-state index contributed by atoms with van der Waals surface area (Å²) in [4.78, 5) is 11.7. The monoisotopic (exact) mass is 276 g/mol. The molecule has 112 valence electrons. The number of nitrogens with zero attached hydrogens (tertiary/aromatic N) is 3. The van der Waals surface area contributed by atoms with E-state index < -0.39 is 0 Å². The van der Waals surface area contributed by atoms with Gasteiger partial charge in [-0.3, -0.25) is 0 Å². The highest BCUT2D eigenvalue weighted by Crippen LogP contribution is 2.28. The number of nitrogen functional groups attached to an aromatic ring is 1. The fraction of sp³-hybridized carbons (Fsp3) is 0.750. The SMILES string of the molecule is Cc1c(N)nc(C(C)(C)C)nc1N1CCCCCCC1. The first-order valence-electron chi connectivity index (χ1n) is 7.79. The van der Waals surface area contributed by atoms with Crippen LogP contribution >= 0.6 is 0 Å².